The van der Waals surface area contributed by atoms with Crippen LogP contribution in [0, 0.1) is 11.7 Å². The van der Waals surface area contributed by atoms with Gasteiger partial charge >= 0.3 is 0 Å². The average Bonchev–Trinajstić information content (AvgIpc) is 2.93. The molecule has 120 valence electrons. The molecule has 22 heavy (non-hydrogen) atoms. The minimum atomic E-state index is -3.66. The highest BCUT2D eigenvalue weighted by Gasteiger charge is 2.23. The monoisotopic (exact) mass is 326 g/mol. The molecular weight excluding hydrogens is 307 g/mol. The van der Waals surface area contributed by atoms with Crippen LogP contribution in [-0.2, 0) is 22.3 Å². The van der Waals surface area contributed by atoms with Crippen LogP contribution < -0.4 is 4.72 Å². The molecule has 1 atom stereocenters. The van der Waals surface area contributed by atoms with Gasteiger partial charge in [-0.3, -0.25) is 0 Å². The van der Waals surface area contributed by atoms with Gasteiger partial charge in [0.15, 0.2) is 0 Å². The Labute approximate surface area is 129 Å². The molecule has 0 radical (unpaired) electrons. The maximum Gasteiger partial charge on any atom is 0.216 e. The van der Waals surface area contributed by atoms with Crippen LogP contribution in [0.3, 0.4) is 0 Å². The highest BCUT2D eigenvalue weighted by Crippen LogP contribution is 2.12. The zero-order valence-corrected chi connectivity index (χ0v) is 13.3. The summed E-state index contributed by atoms with van der Waals surface area (Å²) in [5.74, 6) is -0.876. The molecule has 1 aromatic carbocycles. The van der Waals surface area contributed by atoms with Gasteiger partial charge in [-0.1, -0.05) is 32.0 Å². The summed E-state index contributed by atoms with van der Waals surface area (Å²) in [4.78, 5) is 1.43. The number of halogens is 1. The Morgan fingerprint density at radius 3 is 2.45 bits per heavy atom. The lowest BCUT2D eigenvalue weighted by Gasteiger charge is -2.21. The van der Waals surface area contributed by atoms with Crippen molar-refractivity contribution in [2.45, 2.75) is 32.2 Å². The van der Waals surface area contributed by atoms with Crippen molar-refractivity contribution in [3.63, 3.8) is 0 Å². The van der Waals surface area contributed by atoms with E-state index in [2.05, 4.69) is 14.9 Å². The van der Waals surface area contributed by atoms with E-state index in [0.717, 1.165) is 0 Å². The number of benzene rings is 1. The second kappa shape index (κ2) is 6.97. The van der Waals surface area contributed by atoms with Gasteiger partial charge in [-0.2, -0.15) is 15.0 Å². The number of hydrogen-bond donors (Lipinski definition) is 1. The maximum atomic E-state index is 13.6. The van der Waals surface area contributed by atoms with E-state index in [0.29, 0.717) is 6.54 Å². The first-order valence-electron chi connectivity index (χ1n) is 6.95. The van der Waals surface area contributed by atoms with Crippen LogP contribution in [0.25, 0.3) is 0 Å². The van der Waals surface area contributed by atoms with Crippen molar-refractivity contribution in [2.75, 3.05) is 0 Å². The first-order valence-corrected chi connectivity index (χ1v) is 8.60. The van der Waals surface area contributed by atoms with E-state index in [-0.39, 0.29) is 17.5 Å². The number of hydrogen-bond acceptors (Lipinski definition) is 4. The van der Waals surface area contributed by atoms with Gasteiger partial charge in [0.25, 0.3) is 0 Å². The molecule has 0 bridgehead atoms. The van der Waals surface area contributed by atoms with Gasteiger partial charge in [0.05, 0.1) is 24.7 Å². The van der Waals surface area contributed by atoms with Crippen molar-refractivity contribution in [1.82, 2.24) is 19.7 Å². The largest absolute Gasteiger partial charge is 0.216 e. The second-order valence-electron chi connectivity index (χ2n) is 5.40. The van der Waals surface area contributed by atoms with Crippen LogP contribution in [-0.4, -0.2) is 29.5 Å². The quantitative estimate of drug-likeness (QED) is 0.838. The summed E-state index contributed by atoms with van der Waals surface area (Å²) in [7, 11) is -3.66. The van der Waals surface area contributed by atoms with Crippen LogP contribution >= 0.6 is 0 Å². The number of sulfonamides is 1. The van der Waals surface area contributed by atoms with E-state index < -0.39 is 21.6 Å². The Morgan fingerprint density at radius 1 is 1.23 bits per heavy atom. The van der Waals surface area contributed by atoms with E-state index in [4.69, 9.17) is 0 Å². The lowest BCUT2D eigenvalue weighted by Crippen LogP contribution is -2.42. The molecule has 2 rings (SSSR count). The predicted octanol–water partition coefficient (Wildman–Crippen LogP) is 1.56. The number of rotatable bonds is 7. The molecule has 0 aliphatic heterocycles. The van der Waals surface area contributed by atoms with Crippen molar-refractivity contribution in [2.24, 2.45) is 5.92 Å². The Bertz CT molecular complexity index is 701. The van der Waals surface area contributed by atoms with Crippen LogP contribution in [0.2, 0.25) is 0 Å². The third kappa shape index (κ3) is 4.60. The third-order valence-corrected chi connectivity index (χ3v) is 4.62. The summed E-state index contributed by atoms with van der Waals surface area (Å²) >= 11 is 0. The van der Waals surface area contributed by atoms with E-state index >= 15 is 0 Å². The SMILES string of the molecule is CC(C)C(Cn1nccn1)NS(=O)(=O)Cc1ccccc1F. The van der Waals surface area contributed by atoms with Crippen LogP contribution in [0.5, 0.6) is 0 Å². The Morgan fingerprint density at radius 2 is 1.86 bits per heavy atom. The summed E-state index contributed by atoms with van der Waals surface area (Å²) in [5.41, 5.74) is 0.148. The molecule has 1 N–H and O–H groups in total. The molecule has 1 unspecified atom stereocenters. The Hall–Kier alpha value is -1.80. The number of nitrogens with zero attached hydrogens (tertiary/aromatic N) is 3. The van der Waals surface area contributed by atoms with Gasteiger partial charge in [-0.15, -0.1) is 0 Å². The normalized spacial score (nSPS) is 13.5. The zero-order valence-electron chi connectivity index (χ0n) is 12.5. The maximum absolute atomic E-state index is 13.6. The van der Waals surface area contributed by atoms with Crippen molar-refractivity contribution in [1.29, 1.82) is 0 Å². The second-order valence-corrected chi connectivity index (χ2v) is 7.16. The molecule has 8 heteroatoms. The molecule has 0 aliphatic carbocycles. The standard InChI is InChI=1S/C14H19FN4O2S/c1-11(2)14(9-19-16-7-8-17-19)18-22(20,21)10-12-5-3-4-6-13(12)15/h3-8,11,14,18H,9-10H2,1-2H3. The van der Waals surface area contributed by atoms with Gasteiger partial charge in [0.1, 0.15) is 5.82 Å². The molecule has 0 fully saturated rings. The number of aromatic nitrogens is 3. The third-order valence-electron chi connectivity index (χ3n) is 3.27. The van der Waals surface area contributed by atoms with Crippen LogP contribution in [0.15, 0.2) is 36.7 Å². The van der Waals surface area contributed by atoms with Gasteiger partial charge < -0.3 is 0 Å². The van der Waals surface area contributed by atoms with Crippen molar-refractivity contribution in [3.8, 4) is 0 Å². The van der Waals surface area contributed by atoms with E-state index in [9.17, 15) is 12.8 Å². The topological polar surface area (TPSA) is 76.9 Å². The van der Waals surface area contributed by atoms with Crippen LogP contribution in [0.1, 0.15) is 19.4 Å². The molecule has 1 heterocycles. The van der Waals surface area contributed by atoms with Crippen molar-refractivity contribution in [3.05, 3.63) is 48.0 Å². The van der Waals surface area contributed by atoms with Crippen LogP contribution in [0.4, 0.5) is 4.39 Å². The van der Waals surface area contributed by atoms with Gasteiger partial charge in [-0.25, -0.2) is 17.5 Å². The molecule has 0 saturated heterocycles. The Kier molecular flexibility index (Phi) is 5.25. The van der Waals surface area contributed by atoms with Gasteiger partial charge in [-0.05, 0) is 12.0 Å². The fraction of sp³-hybridized carbons (Fsp3) is 0.429. The van der Waals surface area contributed by atoms with Crippen molar-refractivity contribution < 1.29 is 12.8 Å². The minimum absolute atomic E-state index is 0.0430. The van der Waals surface area contributed by atoms with E-state index in [1.807, 2.05) is 13.8 Å². The highest BCUT2D eigenvalue weighted by molar-refractivity contribution is 7.88. The van der Waals surface area contributed by atoms with Gasteiger partial charge in [0.2, 0.25) is 10.0 Å². The number of nitrogens with one attached hydrogen (secondary N) is 1. The first-order chi connectivity index (χ1) is 10.4. The summed E-state index contributed by atoms with van der Waals surface area (Å²) in [5, 5.41) is 7.95. The summed E-state index contributed by atoms with van der Waals surface area (Å²) in [6.07, 6.45) is 3.07. The Balaban J connectivity index is 2.09. The molecule has 6 nitrogen and oxygen atoms in total. The molecule has 0 aliphatic rings. The predicted molar refractivity (Wildman–Crippen MR) is 80.8 cm³/mol. The fourth-order valence-corrected chi connectivity index (χ4v) is 3.53. The smallest absolute Gasteiger partial charge is 0.212 e. The molecule has 0 spiro atoms. The summed E-state index contributed by atoms with van der Waals surface area (Å²) < 4.78 is 40.8. The molecule has 1 aromatic heterocycles. The van der Waals surface area contributed by atoms with E-state index in [1.54, 1.807) is 6.07 Å². The molecule has 0 amide bonds. The minimum Gasteiger partial charge on any atom is -0.212 e. The summed E-state index contributed by atoms with van der Waals surface area (Å²) in [6.45, 7) is 4.13. The zero-order chi connectivity index (χ0) is 16.2. The molecular formula is C14H19FN4O2S. The van der Waals surface area contributed by atoms with E-state index in [1.165, 1.54) is 35.4 Å². The fourth-order valence-electron chi connectivity index (χ4n) is 1.99. The van der Waals surface area contributed by atoms with Gasteiger partial charge in [0, 0.05) is 11.6 Å². The lowest BCUT2D eigenvalue weighted by atomic mass is 10.1. The molecule has 2 aromatic rings. The highest BCUT2D eigenvalue weighted by atomic mass is 32.2. The average molecular weight is 326 g/mol. The summed E-state index contributed by atoms with van der Waals surface area (Å²) in [6, 6.07) is 5.48. The van der Waals surface area contributed by atoms with Crippen molar-refractivity contribution >= 4 is 10.0 Å². The lowest BCUT2D eigenvalue weighted by molar-refractivity contribution is 0.361. The molecule has 0 saturated carbocycles. The first kappa shape index (κ1) is 16.6.